The number of halogens is 2. The zero-order valence-electron chi connectivity index (χ0n) is 13.0. The molecule has 1 aliphatic heterocycles. The summed E-state index contributed by atoms with van der Waals surface area (Å²) in [4.78, 5) is 12.9. The normalized spacial score (nSPS) is 20.2. The molecule has 0 bridgehead atoms. The first-order chi connectivity index (χ1) is 11.5. The van der Waals surface area contributed by atoms with Crippen LogP contribution in [0.5, 0.6) is 0 Å². The van der Waals surface area contributed by atoms with Crippen molar-refractivity contribution in [2.75, 3.05) is 0 Å². The van der Waals surface area contributed by atoms with Gasteiger partial charge in [-0.2, -0.15) is 10.1 Å². The summed E-state index contributed by atoms with van der Waals surface area (Å²) in [6.07, 6.45) is 0.892. The van der Waals surface area contributed by atoms with Crippen molar-refractivity contribution < 1.29 is 9.90 Å². The summed E-state index contributed by atoms with van der Waals surface area (Å²) in [5, 5.41) is 17.6. The Labute approximate surface area is 150 Å². The topological polar surface area (TPSA) is 52.9 Å². The Balaban J connectivity index is 2.05. The maximum absolute atomic E-state index is 12.9. The van der Waals surface area contributed by atoms with Crippen LogP contribution in [0.2, 0.25) is 10.0 Å². The van der Waals surface area contributed by atoms with Crippen molar-refractivity contribution in [3.05, 3.63) is 69.7 Å². The lowest BCUT2D eigenvalue weighted by molar-refractivity contribution is -0.0765. The van der Waals surface area contributed by atoms with Gasteiger partial charge < -0.3 is 5.11 Å². The second-order valence-electron chi connectivity index (χ2n) is 5.62. The molecule has 0 unspecified atom stereocenters. The second kappa shape index (κ2) is 6.55. The minimum Gasteiger partial charge on any atom is -0.365 e. The van der Waals surface area contributed by atoms with E-state index in [0.29, 0.717) is 27.6 Å². The van der Waals surface area contributed by atoms with Gasteiger partial charge >= 0.3 is 0 Å². The summed E-state index contributed by atoms with van der Waals surface area (Å²) in [6, 6.07) is 13.5. The van der Waals surface area contributed by atoms with Crippen LogP contribution in [0, 0.1) is 0 Å². The molecule has 2 aromatic rings. The number of aliphatic hydroxyl groups is 1. The molecule has 6 heteroatoms. The fourth-order valence-corrected chi connectivity index (χ4v) is 3.06. The van der Waals surface area contributed by atoms with Gasteiger partial charge in [0.15, 0.2) is 5.72 Å². The Hall–Kier alpha value is -1.88. The second-order valence-corrected chi connectivity index (χ2v) is 6.46. The number of carbonyl (C=O) groups excluding carboxylic acids is 1. The standard InChI is InChI=1S/C18H16Cl2N2O2/c1-2-14-11-18(24,12-7-9-13(19)10-8-12)22(21-14)17(23)15-5-3-4-6-16(15)20/h3-10,24H,2,11H2,1H3/t18-/m1/s1. The molecule has 1 N–H and O–H groups in total. The largest absolute Gasteiger partial charge is 0.365 e. The number of benzene rings is 2. The lowest BCUT2D eigenvalue weighted by Crippen LogP contribution is -2.43. The van der Waals surface area contributed by atoms with Crippen molar-refractivity contribution in [2.24, 2.45) is 5.10 Å². The number of hydrogen-bond donors (Lipinski definition) is 1. The molecule has 1 amide bonds. The molecule has 3 rings (SSSR count). The molecule has 0 saturated carbocycles. The summed E-state index contributed by atoms with van der Waals surface area (Å²) < 4.78 is 0. The van der Waals surface area contributed by atoms with Crippen LogP contribution in [0.1, 0.15) is 35.7 Å². The molecule has 1 heterocycles. The van der Waals surface area contributed by atoms with Gasteiger partial charge in [0.2, 0.25) is 0 Å². The highest BCUT2D eigenvalue weighted by Gasteiger charge is 2.46. The third-order valence-electron chi connectivity index (χ3n) is 4.05. The van der Waals surface area contributed by atoms with E-state index in [-0.39, 0.29) is 6.42 Å². The fourth-order valence-electron chi connectivity index (χ4n) is 2.72. The highest BCUT2D eigenvalue weighted by atomic mass is 35.5. The molecule has 1 atom stereocenters. The van der Waals surface area contributed by atoms with E-state index in [1.807, 2.05) is 6.92 Å². The number of amides is 1. The van der Waals surface area contributed by atoms with Crippen LogP contribution in [0.15, 0.2) is 53.6 Å². The number of nitrogens with zero attached hydrogens (tertiary/aromatic N) is 2. The lowest BCUT2D eigenvalue weighted by atomic mass is 9.96. The maximum Gasteiger partial charge on any atom is 0.278 e. The summed E-state index contributed by atoms with van der Waals surface area (Å²) in [5.74, 6) is -0.443. The minimum absolute atomic E-state index is 0.251. The van der Waals surface area contributed by atoms with Gasteiger partial charge in [-0.3, -0.25) is 4.79 Å². The average Bonchev–Trinajstić information content (AvgIpc) is 2.93. The molecule has 24 heavy (non-hydrogen) atoms. The van der Waals surface area contributed by atoms with Crippen molar-refractivity contribution in [3.63, 3.8) is 0 Å². The SMILES string of the molecule is CCC1=NN(C(=O)c2ccccc2Cl)[C@](O)(c2ccc(Cl)cc2)C1. The monoisotopic (exact) mass is 362 g/mol. The molecule has 0 radical (unpaired) electrons. The van der Waals surface area contributed by atoms with Crippen LogP contribution in [0.25, 0.3) is 0 Å². The van der Waals surface area contributed by atoms with Crippen LogP contribution >= 0.6 is 23.2 Å². The lowest BCUT2D eigenvalue weighted by Gasteiger charge is -2.31. The van der Waals surface area contributed by atoms with Crippen LogP contribution < -0.4 is 0 Å². The molecule has 0 aliphatic carbocycles. The zero-order valence-corrected chi connectivity index (χ0v) is 14.6. The minimum atomic E-state index is -1.55. The van der Waals surface area contributed by atoms with Gasteiger partial charge in [0, 0.05) is 22.7 Å². The Morgan fingerprint density at radius 1 is 1.21 bits per heavy atom. The third-order valence-corrected chi connectivity index (χ3v) is 4.64. The van der Waals surface area contributed by atoms with E-state index in [1.165, 1.54) is 0 Å². The van der Waals surface area contributed by atoms with E-state index in [9.17, 15) is 9.90 Å². The van der Waals surface area contributed by atoms with Crippen molar-refractivity contribution >= 4 is 34.8 Å². The number of carbonyl (C=O) groups is 1. The van der Waals surface area contributed by atoms with E-state index < -0.39 is 11.6 Å². The molecule has 0 fully saturated rings. The van der Waals surface area contributed by atoms with Crippen molar-refractivity contribution in [2.45, 2.75) is 25.5 Å². The summed E-state index contributed by atoms with van der Waals surface area (Å²) in [5.41, 5.74) is 0.0478. The predicted octanol–water partition coefficient (Wildman–Crippen LogP) is 4.45. The predicted molar refractivity (Wildman–Crippen MR) is 95.3 cm³/mol. The van der Waals surface area contributed by atoms with E-state index in [0.717, 1.165) is 10.7 Å². The first-order valence-electron chi connectivity index (χ1n) is 7.59. The van der Waals surface area contributed by atoms with Gasteiger partial charge in [0.25, 0.3) is 5.91 Å². The summed E-state index contributed by atoms with van der Waals surface area (Å²) >= 11 is 12.1. The highest BCUT2D eigenvalue weighted by Crippen LogP contribution is 2.38. The van der Waals surface area contributed by atoms with Crippen LogP contribution in [0.3, 0.4) is 0 Å². The summed E-state index contributed by atoms with van der Waals surface area (Å²) in [7, 11) is 0. The number of hydrazone groups is 1. The van der Waals surface area contributed by atoms with E-state index in [1.54, 1.807) is 48.5 Å². The first kappa shape index (κ1) is 17.0. The van der Waals surface area contributed by atoms with Crippen molar-refractivity contribution in [3.8, 4) is 0 Å². The molecular formula is C18H16Cl2N2O2. The van der Waals surface area contributed by atoms with Gasteiger partial charge in [0.05, 0.1) is 10.6 Å². The van der Waals surface area contributed by atoms with Gasteiger partial charge in [-0.05, 0) is 30.7 Å². The Morgan fingerprint density at radius 2 is 1.88 bits per heavy atom. The Kier molecular flexibility index (Phi) is 4.63. The van der Waals surface area contributed by atoms with Gasteiger partial charge in [0.1, 0.15) is 0 Å². The maximum atomic E-state index is 12.9. The molecule has 1 aliphatic rings. The first-order valence-corrected chi connectivity index (χ1v) is 8.35. The van der Waals surface area contributed by atoms with Crippen molar-refractivity contribution in [1.29, 1.82) is 0 Å². The molecular weight excluding hydrogens is 347 g/mol. The van der Waals surface area contributed by atoms with Gasteiger partial charge in [-0.1, -0.05) is 54.4 Å². The average molecular weight is 363 g/mol. The fraction of sp³-hybridized carbons (Fsp3) is 0.222. The van der Waals surface area contributed by atoms with E-state index >= 15 is 0 Å². The van der Waals surface area contributed by atoms with Crippen molar-refractivity contribution in [1.82, 2.24) is 5.01 Å². The van der Waals surface area contributed by atoms with E-state index in [4.69, 9.17) is 23.2 Å². The molecule has 124 valence electrons. The third kappa shape index (κ3) is 2.93. The molecule has 4 nitrogen and oxygen atoms in total. The quantitative estimate of drug-likeness (QED) is 0.876. The van der Waals surface area contributed by atoms with E-state index in [2.05, 4.69) is 5.10 Å². The van der Waals surface area contributed by atoms with Gasteiger partial charge in [-0.15, -0.1) is 0 Å². The van der Waals surface area contributed by atoms with Crippen LogP contribution in [0.4, 0.5) is 0 Å². The molecule has 0 aromatic heterocycles. The Morgan fingerprint density at radius 3 is 2.50 bits per heavy atom. The number of rotatable bonds is 3. The van der Waals surface area contributed by atoms with Crippen LogP contribution in [-0.4, -0.2) is 21.7 Å². The Bertz CT molecular complexity index is 805. The molecule has 0 saturated heterocycles. The number of hydrogen-bond acceptors (Lipinski definition) is 3. The molecule has 0 spiro atoms. The smallest absolute Gasteiger partial charge is 0.278 e. The van der Waals surface area contributed by atoms with Gasteiger partial charge in [-0.25, -0.2) is 0 Å². The zero-order chi connectivity index (χ0) is 17.3. The van der Waals surface area contributed by atoms with Crippen LogP contribution in [-0.2, 0) is 5.72 Å². The molecule has 2 aromatic carbocycles. The highest BCUT2D eigenvalue weighted by molar-refractivity contribution is 6.33. The summed E-state index contributed by atoms with van der Waals surface area (Å²) in [6.45, 7) is 1.94.